The van der Waals surface area contributed by atoms with E-state index in [-0.39, 0.29) is 12.1 Å². The van der Waals surface area contributed by atoms with Crippen molar-refractivity contribution in [3.05, 3.63) is 65.7 Å². The number of carbonyl (C=O) groups is 1. The van der Waals surface area contributed by atoms with E-state index in [1.54, 1.807) is 12.1 Å². The van der Waals surface area contributed by atoms with Crippen LogP contribution in [0, 0.1) is 0 Å². The lowest BCUT2D eigenvalue weighted by Crippen LogP contribution is -2.42. The maximum Gasteiger partial charge on any atom is 0.338 e. The molecule has 0 spiro atoms. The summed E-state index contributed by atoms with van der Waals surface area (Å²) in [7, 11) is -3.01. The van der Waals surface area contributed by atoms with Crippen molar-refractivity contribution in [3.63, 3.8) is 0 Å². The molecule has 176 valence electrons. The third kappa shape index (κ3) is 10.6. The van der Waals surface area contributed by atoms with E-state index in [9.17, 15) is 4.79 Å². The third-order valence-electron chi connectivity index (χ3n) is 5.12. The van der Waals surface area contributed by atoms with Gasteiger partial charge >= 0.3 is 5.97 Å². The van der Waals surface area contributed by atoms with Crippen LogP contribution in [0.3, 0.4) is 0 Å². The second-order valence-electron chi connectivity index (χ2n) is 10.1. The second kappa shape index (κ2) is 12.4. The maximum atomic E-state index is 12.4. The molecule has 0 amide bonds. The van der Waals surface area contributed by atoms with Gasteiger partial charge in [0.15, 0.2) is 16.6 Å². The van der Waals surface area contributed by atoms with Gasteiger partial charge in [-0.2, -0.15) is 0 Å². The molecule has 6 heteroatoms. The summed E-state index contributed by atoms with van der Waals surface area (Å²) < 4.78 is 17.8. The Kier molecular flexibility index (Phi) is 10.2. The SMILES string of the molecule is C[C@H](CCCCC[Si](C)(C)O[Si](C)(C)C)OC(=O)c1ccc(OCc2ccccc2)cc1. The zero-order valence-electron chi connectivity index (χ0n) is 20.6. The van der Waals surface area contributed by atoms with E-state index < -0.39 is 16.6 Å². The average molecular weight is 473 g/mol. The number of unbranched alkanes of at least 4 members (excludes halogenated alkanes) is 2. The molecule has 4 nitrogen and oxygen atoms in total. The Morgan fingerprint density at radius 1 is 0.875 bits per heavy atom. The highest BCUT2D eigenvalue weighted by Crippen LogP contribution is 2.22. The Balaban J connectivity index is 1.66. The molecule has 2 aromatic rings. The van der Waals surface area contributed by atoms with Crippen LogP contribution in [0.25, 0.3) is 0 Å². The lowest BCUT2D eigenvalue weighted by molar-refractivity contribution is 0.0319. The molecule has 2 aromatic carbocycles. The van der Waals surface area contributed by atoms with E-state index >= 15 is 0 Å². The van der Waals surface area contributed by atoms with E-state index in [0.29, 0.717) is 12.2 Å². The standard InChI is InChI=1S/C26H40O4Si2/c1-22(13-9-8-12-20-32(5,6)30-31(2,3)4)29-26(27)24-16-18-25(19-17-24)28-21-23-14-10-7-11-15-23/h7,10-11,14-19,22H,8-9,12-13,20-21H2,1-6H3/t22-/m1/s1. The summed E-state index contributed by atoms with van der Waals surface area (Å²) in [5.41, 5.74) is 1.67. The summed E-state index contributed by atoms with van der Waals surface area (Å²) >= 11 is 0. The Hall–Kier alpha value is -1.90. The van der Waals surface area contributed by atoms with Crippen LogP contribution in [-0.4, -0.2) is 28.7 Å². The molecule has 0 aliphatic heterocycles. The lowest BCUT2D eigenvalue weighted by atomic mass is 10.1. The first-order chi connectivity index (χ1) is 15.0. The summed E-state index contributed by atoms with van der Waals surface area (Å²) in [6.07, 6.45) is 4.22. The molecule has 0 unspecified atom stereocenters. The van der Waals surface area contributed by atoms with Crippen LogP contribution in [0.5, 0.6) is 5.75 Å². The minimum absolute atomic E-state index is 0.0833. The molecule has 1 atom stereocenters. The highest BCUT2D eigenvalue weighted by atomic mass is 28.4. The Morgan fingerprint density at radius 2 is 1.53 bits per heavy atom. The number of esters is 1. The highest BCUT2D eigenvalue weighted by Gasteiger charge is 2.28. The summed E-state index contributed by atoms with van der Waals surface area (Å²) in [5.74, 6) is 0.465. The zero-order valence-corrected chi connectivity index (χ0v) is 22.6. The van der Waals surface area contributed by atoms with Crippen LogP contribution in [0.15, 0.2) is 54.6 Å². The van der Waals surface area contributed by atoms with Crippen molar-refractivity contribution in [1.29, 1.82) is 0 Å². The molecule has 0 heterocycles. The maximum absolute atomic E-state index is 12.4. The monoisotopic (exact) mass is 472 g/mol. The van der Waals surface area contributed by atoms with Crippen LogP contribution in [0.2, 0.25) is 38.8 Å². The largest absolute Gasteiger partial charge is 0.489 e. The number of ether oxygens (including phenoxy) is 2. The molecule has 0 saturated heterocycles. The Labute approximate surface area is 196 Å². The molecule has 0 bridgehead atoms. The molecular weight excluding hydrogens is 432 g/mol. The van der Waals surface area contributed by atoms with E-state index in [1.165, 1.54) is 12.5 Å². The minimum atomic E-state index is -1.55. The van der Waals surface area contributed by atoms with Crippen molar-refractivity contribution in [2.75, 3.05) is 0 Å². The molecule has 0 fully saturated rings. The van der Waals surface area contributed by atoms with Crippen molar-refractivity contribution in [1.82, 2.24) is 0 Å². The van der Waals surface area contributed by atoms with Gasteiger partial charge in [0.25, 0.3) is 0 Å². The van der Waals surface area contributed by atoms with Crippen molar-refractivity contribution < 1.29 is 18.4 Å². The summed E-state index contributed by atoms with van der Waals surface area (Å²) in [6.45, 7) is 13.9. The van der Waals surface area contributed by atoms with Gasteiger partial charge < -0.3 is 13.6 Å². The topological polar surface area (TPSA) is 44.8 Å². The van der Waals surface area contributed by atoms with Crippen molar-refractivity contribution in [2.45, 2.75) is 84.1 Å². The smallest absolute Gasteiger partial charge is 0.338 e. The first-order valence-corrected chi connectivity index (χ1v) is 18.2. The van der Waals surface area contributed by atoms with Crippen LogP contribution in [-0.2, 0) is 15.5 Å². The number of hydrogen-bond donors (Lipinski definition) is 0. The quantitative estimate of drug-likeness (QED) is 0.173. The average Bonchev–Trinajstić information content (AvgIpc) is 2.71. The first-order valence-electron chi connectivity index (χ1n) is 11.7. The van der Waals surface area contributed by atoms with Gasteiger partial charge in [0.05, 0.1) is 11.7 Å². The molecular formula is C26H40O4Si2. The fourth-order valence-electron chi connectivity index (χ4n) is 3.78. The summed E-state index contributed by atoms with van der Waals surface area (Å²) in [5, 5.41) is 0. The summed E-state index contributed by atoms with van der Waals surface area (Å²) in [4.78, 5) is 12.4. The molecule has 2 rings (SSSR count). The fraction of sp³-hybridized carbons (Fsp3) is 0.500. The van der Waals surface area contributed by atoms with Crippen LogP contribution in [0.4, 0.5) is 0 Å². The van der Waals surface area contributed by atoms with E-state index in [4.69, 9.17) is 13.6 Å². The molecule has 0 aromatic heterocycles. The van der Waals surface area contributed by atoms with Gasteiger partial charge in [0.1, 0.15) is 12.4 Å². The van der Waals surface area contributed by atoms with Gasteiger partial charge in [0.2, 0.25) is 0 Å². The van der Waals surface area contributed by atoms with Gasteiger partial charge in [-0.1, -0.05) is 43.2 Å². The molecule has 0 aliphatic carbocycles. The predicted octanol–water partition coefficient (Wildman–Crippen LogP) is 7.43. The third-order valence-corrected chi connectivity index (χ3v) is 11.3. The number of benzene rings is 2. The van der Waals surface area contributed by atoms with E-state index in [2.05, 4.69) is 32.7 Å². The van der Waals surface area contributed by atoms with Crippen LogP contribution in [0.1, 0.15) is 48.5 Å². The van der Waals surface area contributed by atoms with Crippen molar-refractivity contribution >= 4 is 22.6 Å². The number of rotatable bonds is 13. The fourth-order valence-corrected chi connectivity index (χ4v) is 11.9. The van der Waals surface area contributed by atoms with Gasteiger partial charge in [-0.25, -0.2) is 4.79 Å². The zero-order chi connectivity index (χ0) is 23.6. The first kappa shape index (κ1) is 26.4. The number of carbonyl (C=O) groups excluding carboxylic acids is 1. The normalized spacial score (nSPS) is 12.9. The van der Waals surface area contributed by atoms with Crippen LogP contribution < -0.4 is 4.74 Å². The van der Waals surface area contributed by atoms with Gasteiger partial charge in [-0.3, -0.25) is 0 Å². The predicted molar refractivity (Wildman–Crippen MR) is 137 cm³/mol. The second-order valence-corrected chi connectivity index (χ2v) is 19.1. The highest BCUT2D eigenvalue weighted by molar-refractivity contribution is 6.84. The number of hydrogen-bond acceptors (Lipinski definition) is 4. The molecule has 0 aliphatic rings. The van der Waals surface area contributed by atoms with E-state index in [0.717, 1.165) is 30.6 Å². The van der Waals surface area contributed by atoms with Crippen molar-refractivity contribution in [3.8, 4) is 5.75 Å². The Bertz CT molecular complexity index is 814. The summed E-state index contributed by atoms with van der Waals surface area (Å²) in [6, 6.07) is 18.4. The van der Waals surface area contributed by atoms with Gasteiger partial charge in [-0.15, -0.1) is 0 Å². The van der Waals surface area contributed by atoms with Crippen molar-refractivity contribution in [2.24, 2.45) is 0 Å². The molecule has 0 radical (unpaired) electrons. The van der Waals surface area contributed by atoms with Gasteiger partial charge in [0, 0.05) is 0 Å². The van der Waals surface area contributed by atoms with Crippen LogP contribution >= 0.6 is 0 Å². The van der Waals surface area contributed by atoms with E-state index in [1.807, 2.05) is 49.4 Å². The molecule has 0 N–H and O–H groups in total. The molecule has 0 saturated carbocycles. The Morgan fingerprint density at radius 3 is 2.16 bits per heavy atom. The van der Waals surface area contributed by atoms with Gasteiger partial charge in [-0.05, 0) is 88.4 Å². The minimum Gasteiger partial charge on any atom is -0.489 e. The lowest BCUT2D eigenvalue weighted by Gasteiger charge is -2.31. The molecule has 32 heavy (non-hydrogen) atoms.